The van der Waals surface area contributed by atoms with E-state index in [-0.39, 0.29) is 0 Å². The largest absolute Gasteiger partial charge is 0.318 e. The Kier molecular flexibility index (Phi) is 4.15. The van der Waals surface area contributed by atoms with E-state index in [0.29, 0.717) is 4.77 Å². The molecule has 0 unspecified atom stereocenters. The summed E-state index contributed by atoms with van der Waals surface area (Å²) in [4.78, 5) is 0. The standard InChI is InChI=1S/C13H18N4S/c1-3-10-5-7-11(8-6-10)9-14-17-12(4-2)15-16-13(17)18/h5-8,14H,3-4,9H2,1-2H3,(H,16,18). The van der Waals surface area contributed by atoms with Gasteiger partial charge in [0.05, 0.1) is 6.54 Å². The lowest BCUT2D eigenvalue weighted by Crippen LogP contribution is -2.17. The molecule has 1 aromatic carbocycles. The molecule has 0 amide bonds. The number of rotatable bonds is 5. The third kappa shape index (κ3) is 2.79. The third-order valence-corrected chi connectivity index (χ3v) is 3.20. The molecule has 96 valence electrons. The van der Waals surface area contributed by atoms with Gasteiger partial charge in [0.15, 0.2) is 5.82 Å². The highest BCUT2D eigenvalue weighted by Gasteiger charge is 2.02. The van der Waals surface area contributed by atoms with Crippen LogP contribution < -0.4 is 5.43 Å². The van der Waals surface area contributed by atoms with Crippen LogP contribution in [0, 0.1) is 4.77 Å². The first kappa shape index (κ1) is 12.8. The van der Waals surface area contributed by atoms with Crippen LogP contribution in [-0.4, -0.2) is 14.9 Å². The van der Waals surface area contributed by atoms with Crippen molar-refractivity contribution in [3.05, 3.63) is 46.0 Å². The lowest BCUT2D eigenvalue weighted by atomic mass is 10.1. The van der Waals surface area contributed by atoms with Crippen LogP contribution >= 0.6 is 12.2 Å². The van der Waals surface area contributed by atoms with Gasteiger partial charge >= 0.3 is 0 Å². The molecular weight excluding hydrogens is 244 g/mol. The Labute approximate surface area is 112 Å². The van der Waals surface area contributed by atoms with E-state index in [1.807, 2.05) is 4.68 Å². The maximum atomic E-state index is 5.18. The average Bonchev–Trinajstić information content (AvgIpc) is 2.77. The summed E-state index contributed by atoms with van der Waals surface area (Å²) in [7, 11) is 0. The van der Waals surface area contributed by atoms with E-state index in [2.05, 4.69) is 53.7 Å². The van der Waals surface area contributed by atoms with Crippen LogP contribution in [0.3, 0.4) is 0 Å². The molecule has 5 heteroatoms. The zero-order valence-electron chi connectivity index (χ0n) is 10.7. The molecule has 0 aliphatic rings. The topological polar surface area (TPSA) is 45.6 Å². The number of hydrogen-bond donors (Lipinski definition) is 2. The van der Waals surface area contributed by atoms with Crippen molar-refractivity contribution in [2.45, 2.75) is 33.2 Å². The van der Waals surface area contributed by atoms with Crippen molar-refractivity contribution >= 4 is 12.2 Å². The summed E-state index contributed by atoms with van der Waals surface area (Å²) in [6, 6.07) is 8.60. The number of H-pyrrole nitrogens is 1. The second-order valence-electron chi connectivity index (χ2n) is 4.14. The van der Waals surface area contributed by atoms with Crippen molar-refractivity contribution in [3.63, 3.8) is 0 Å². The molecule has 4 nitrogen and oxygen atoms in total. The smallest absolute Gasteiger partial charge is 0.214 e. The first-order chi connectivity index (χ1) is 8.74. The molecule has 2 rings (SSSR count). The summed E-state index contributed by atoms with van der Waals surface area (Å²) in [5.74, 6) is 0.921. The minimum Gasteiger partial charge on any atom is -0.318 e. The molecule has 0 saturated carbocycles. The van der Waals surface area contributed by atoms with E-state index in [1.165, 1.54) is 11.1 Å². The molecule has 2 N–H and O–H groups in total. The molecule has 1 heterocycles. The second-order valence-corrected chi connectivity index (χ2v) is 4.53. The number of aryl methyl sites for hydroxylation is 2. The van der Waals surface area contributed by atoms with Crippen molar-refractivity contribution in [2.75, 3.05) is 5.43 Å². The van der Waals surface area contributed by atoms with Gasteiger partial charge in [-0.25, -0.2) is 4.68 Å². The highest BCUT2D eigenvalue weighted by atomic mass is 32.1. The Morgan fingerprint density at radius 1 is 1.17 bits per heavy atom. The van der Waals surface area contributed by atoms with Crippen molar-refractivity contribution in [1.29, 1.82) is 0 Å². The molecule has 0 radical (unpaired) electrons. The Bertz CT molecular complexity index is 553. The highest BCUT2D eigenvalue weighted by molar-refractivity contribution is 7.71. The van der Waals surface area contributed by atoms with E-state index < -0.39 is 0 Å². The number of hydrogen-bond acceptors (Lipinski definition) is 3. The maximum absolute atomic E-state index is 5.18. The van der Waals surface area contributed by atoms with Gasteiger partial charge in [-0.1, -0.05) is 38.1 Å². The quantitative estimate of drug-likeness (QED) is 0.814. The number of aromatic amines is 1. The second kappa shape index (κ2) is 5.82. The fraction of sp³-hybridized carbons (Fsp3) is 0.385. The molecule has 0 aliphatic carbocycles. The zero-order valence-corrected chi connectivity index (χ0v) is 11.5. The van der Waals surface area contributed by atoms with Gasteiger partial charge < -0.3 is 5.43 Å². The zero-order chi connectivity index (χ0) is 13.0. The summed E-state index contributed by atoms with van der Waals surface area (Å²) < 4.78 is 2.44. The Morgan fingerprint density at radius 3 is 2.44 bits per heavy atom. The SMILES string of the molecule is CCc1ccc(CNn2c(CC)n[nH]c2=S)cc1. The van der Waals surface area contributed by atoms with Gasteiger partial charge in [0.25, 0.3) is 0 Å². The summed E-state index contributed by atoms with van der Waals surface area (Å²) in [6.07, 6.45) is 1.91. The normalized spacial score (nSPS) is 10.6. The number of aromatic nitrogens is 3. The van der Waals surface area contributed by atoms with Crippen molar-refractivity contribution in [1.82, 2.24) is 14.9 Å². The van der Waals surface area contributed by atoms with Crippen LogP contribution in [0.15, 0.2) is 24.3 Å². The number of nitrogens with zero attached hydrogens (tertiary/aromatic N) is 2. The van der Waals surface area contributed by atoms with Gasteiger partial charge in [-0.05, 0) is 29.8 Å². The highest BCUT2D eigenvalue weighted by Crippen LogP contribution is 2.05. The minimum absolute atomic E-state index is 0.608. The number of nitrogens with one attached hydrogen (secondary N) is 2. The van der Waals surface area contributed by atoms with Crippen LogP contribution in [0.5, 0.6) is 0 Å². The van der Waals surface area contributed by atoms with Crippen LogP contribution in [0.25, 0.3) is 0 Å². The van der Waals surface area contributed by atoms with Gasteiger partial charge in [-0.15, -0.1) is 0 Å². The Morgan fingerprint density at radius 2 is 1.83 bits per heavy atom. The van der Waals surface area contributed by atoms with Crippen molar-refractivity contribution in [2.24, 2.45) is 0 Å². The molecule has 0 spiro atoms. The molecule has 0 bridgehead atoms. The van der Waals surface area contributed by atoms with E-state index >= 15 is 0 Å². The molecule has 0 fully saturated rings. The molecule has 18 heavy (non-hydrogen) atoms. The summed E-state index contributed by atoms with van der Waals surface area (Å²) in [5, 5.41) is 6.95. The van der Waals surface area contributed by atoms with Crippen molar-refractivity contribution in [3.8, 4) is 0 Å². The summed E-state index contributed by atoms with van der Waals surface area (Å²) in [5.41, 5.74) is 5.87. The molecule has 1 aromatic heterocycles. The fourth-order valence-corrected chi connectivity index (χ4v) is 2.01. The minimum atomic E-state index is 0.608. The van der Waals surface area contributed by atoms with E-state index in [4.69, 9.17) is 12.2 Å². The molecule has 2 aromatic rings. The van der Waals surface area contributed by atoms with E-state index in [9.17, 15) is 0 Å². The Hall–Kier alpha value is -1.62. The van der Waals surface area contributed by atoms with Gasteiger partial charge in [0, 0.05) is 6.42 Å². The summed E-state index contributed by atoms with van der Waals surface area (Å²) >= 11 is 5.18. The lowest BCUT2D eigenvalue weighted by molar-refractivity contribution is 0.763. The van der Waals surface area contributed by atoms with E-state index in [1.54, 1.807) is 0 Å². The lowest BCUT2D eigenvalue weighted by Gasteiger charge is -2.09. The van der Waals surface area contributed by atoms with Gasteiger partial charge in [-0.2, -0.15) is 5.10 Å². The molecule has 0 atom stereocenters. The van der Waals surface area contributed by atoms with Crippen molar-refractivity contribution < 1.29 is 0 Å². The van der Waals surface area contributed by atoms with Crippen LogP contribution in [0.2, 0.25) is 0 Å². The summed E-state index contributed by atoms with van der Waals surface area (Å²) in [6.45, 7) is 4.95. The molecule has 0 aliphatic heterocycles. The van der Waals surface area contributed by atoms with Crippen LogP contribution in [0.1, 0.15) is 30.8 Å². The van der Waals surface area contributed by atoms with E-state index in [0.717, 1.165) is 25.2 Å². The molecular formula is C13H18N4S. The predicted octanol–water partition coefficient (Wildman–Crippen LogP) is 2.81. The third-order valence-electron chi connectivity index (χ3n) is 2.93. The first-order valence-corrected chi connectivity index (χ1v) is 6.63. The van der Waals surface area contributed by atoms with Crippen LogP contribution in [-0.2, 0) is 19.4 Å². The first-order valence-electron chi connectivity index (χ1n) is 6.22. The fourth-order valence-electron chi connectivity index (χ4n) is 1.79. The van der Waals surface area contributed by atoms with Crippen LogP contribution in [0.4, 0.5) is 0 Å². The Balaban J connectivity index is 2.06. The van der Waals surface area contributed by atoms with Gasteiger partial charge in [0.2, 0.25) is 4.77 Å². The van der Waals surface area contributed by atoms with Gasteiger partial charge in [0.1, 0.15) is 0 Å². The molecule has 0 saturated heterocycles. The predicted molar refractivity (Wildman–Crippen MR) is 75.7 cm³/mol. The maximum Gasteiger partial charge on any atom is 0.214 e. The average molecular weight is 262 g/mol. The monoisotopic (exact) mass is 262 g/mol. The number of benzene rings is 1. The van der Waals surface area contributed by atoms with Gasteiger partial charge in [-0.3, -0.25) is 5.10 Å².